The molecule has 0 aliphatic heterocycles. The molecule has 1 aromatic heterocycles. The van der Waals surface area contributed by atoms with Crippen molar-refractivity contribution in [3.63, 3.8) is 0 Å². The van der Waals surface area contributed by atoms with Gasteiger partial charge in [-0.05, 0) is 121 Å². The lowest BCUT2D eigenvalue weighted by Gasteiger charge is -2.20. The highest BCUT2D eigenvalue weighted by Crippen LogP contribution is 2.45. The predicted molar refractivity (Wildman–Crippen MR) is 251 cm³/mol. The van der Waals surface area contributed by atoms with Crippen molar-refractivity contribution in [2.75, 3.05) is 0 Å². The van der Waals surface area contributed by atoms with Gasteiger partial charge in [0.25, 0.3) is 0 Å². The number of benzene rings is 9. The number of hydrogen-bond acceptors (Lipinski definition) is 4. The number of rotatable bonds is 7. The molecule has 4 heteroatoms. The molecule has 0 bridgehead atoms. The van der Waals surface area contributed by atoms with E-state index in [0.717, 1.165) is 60.5 Å². The van der Waals surface area contributed by atoms with E-state index in [0.29, 0.717) is 39.3 Å². The van der Waals surface area contributed by atoms with Gasteiger partial charge >= 0.3 is 0 Å². The molecule has 4 nitrogen and oxygen atoms in total. The molecule has 0 aliphatic carbocycles. The molecule has 0 saturated heterocycles. The van der Waals surface area contributed by atoms with Crippen molar-refractivity contribution in [2.24, 2.45) is 0 Å². The van der Waals surface area contributed by atoms with Gasteiger partial charge in [-0.3, -0.25) is 0 Å². The van der Waals surface area contributed by atoms with Gasteiger partial charge in [-0.2, -0.15) is 10.5 Å². The Morgan fingerprint density at radius 1 is 0.550 bits per heavy atom. The van der Waals surface area contributed by atoms with E-state index in [1.165, 1.54) is 26.9 Å². The molecule has 0 atom stereocenters. The summed E-state index contributed by atoms with van der Waals surface area (Å²) in [7, 11) is 0. The fourth-order valence-electron chi connectivity index (χ4n) is 9.01. The summed E-state index contributed by atoms with van der Waals surface area (Å²) in [6.45, 7) is 8.59. The summed E-state index contributed by atoms with van der Waals surface area (Å²) in [5.41, 5.74) is 10.8. The van der Waals surface area contributed by atoms with Crippen molar-refractivity contribution in [1.29, 1.82) is 10.5 Å². The molecule has 280 valence electrons. The van der Waals surface area contributed by atoms with E-state index in [9.17, 15) is 10.5 Å². The second kappa shape index (κ2) is 14.6. The molecule has 0 radical (unpaired) electrons. The Morgan fingerprint density at radius 2 is 1.18 bits per heavy atom. The Labute approximate surface area is 348 Å². The Morgan fingerprint density at radius 3 is 1.92 bits per heavy atom. The van der Waals surface area contributed by atoms with Crippen LogP contribution in [0, 0.1) is 29.6 Å². The number of fused-ring (bicyclic) bond motifs is 2. The van der Waals surface area contributed by atoms with E-state index in [1.54, 1.807) is 6.07 Å². The summed E-state index contributed by atoms with van der Waals surface area (Å²) in [6, 6.07) is 52.7. The SMILES string of the molecule is C=Cc1c(-c2cc(-c3ccc4ccc5cccc6ccc3c4c56)cc3c(-c4ccccc4C#N)nc(-c4ccccc4C#N)nc23)ccc2ccc(/C=C\C=C\C)c(C)c12. The summed E-state index contributed by atoms with van der Waals surface area (Å²) in [6.07, 6.45) is 10.2. The van der Waals surface area contributed by atoms with Crippen molar-refractivity contribution < 1.29 is 0 Å². The molecule has 0 aliphatic rings. The molecule has 0 amide bonds. The van der Waals surface area contributed by atoms with E-state index >= 15 is 0 Å². The Balaban J connectivity index is 1.37. The number of aromatic nitrogens is 2. The van der Waals surface area contributed by atoms with E-state index in [2.05, 4.69) is 129 Å². The van der Waals surface area contributed by atoms with Crippen molar-refractivity contribution in [1.82, 2.24) is 9.97 Å². The minimum atomic E-state index is 0.410. The van der Waals surface area contributed by atoms with Gasteiger partial charge in [-0.1, -0.05) is 146 Å². The average Bonchev–Trinajstić information content (AvgIpc) is 3.30. The summed E-state index contributed by atoms with van der Waals surface area (Å²) >= 11 is 0. The first-order valence-corrected chi connectivity index (χ1v) is 20.0. The van der Waals surface area contributed by atoms with Gasteiger partial charge in [-0.25, -0.2) is 9.97 Å². The van der Waals surface area contributed by atoms with E-state index in [4.69, 9.17) is 9.97 Å². The normalized spacial score (nSPS) is 11.7. The number of nitriles is 2. The smallest absolute Gasteiger partial charge is 0.161 e. The summed E-state index contributed by atoms with van der Waals surface area (Å²) < 4.78 is 0. The first-order valence-electron chi connectivity index (χ1n) is 20.0. The van der Waals surface area contributed by atoms with Crippen molar-refractivity contribution >= 4 is 66.1 Å². The third-order valence-corrected chi connectivity index (χ3v) is 11.8. The molecule has 60 heavy (non-hydrogen) atoms. The highest BCUT2D eigenvalue weighted by atomic mass is 14.9. The molecule has 1 heterocycles. The third kappa shape index (κ3) is 5.74. The minimum absolute atomic E-state index is 0.410. The Kier molecular flexibility index (Phi) is 8.83. The van der Waals surface area contributed by atoms with Crippen LogP contribution in [0.25, 0.3) is 111 Å². The van der Waals surface area contributed by atoms with Gasteiger partial charge in [0.05, 0.1) is 34.5 Å². The largest absolute Gasteiger partial charge is 0.227 e. The van der Waals surface area contributed by atoms with Crippen LogP contribution >= 0.6 is 0 Å². The van der Waals surface area contributed by atoms with Crippen LogP contribution in [0.1, 0.15) is 34.7 Å². The molecule has 10 rings (SSSR count). The topological polar surface area (TPSA) is 73.4 Å². The first-order chi connectivity index (χ1) is 29.5. The monoisotopic (exact) mass is 764 g/mol. The number of allylic oxidation sites excluding steroid dienone is 3. The lowest BCUT2D eigenvalue weighted by atomic mass is 9.85. The molecule has 0 spiro atoms. The molecule has 9 aromatic carbocycles. The molecular weight excluding hydrogens is 729 g/mol. The molecular formula is C56H36N4. The van der Waals surface area contributed by atoms with E-state index < -0.39 is 0 Å². The second-order valence-corrected chi connectivity index (χ2v) is 15.1. The third-order valence-electron chi connectivity index (χ3n) is 11.8. The van der Waals surface area contributed by atoms with E-state index in [1.807, 2.05) is 67.6 Å². The van der Waals surface area contributed by atoms with Crippen LogP contribution in [0.3, 0.4) is 0 Å². The maximum atomic E-state index is 10.5. The quantitative estimate of drug-likeness (QED) is 0.120. The van der Waals surface area contributed by atoms with Gasteiger partial charge in [0, 0.05) is 22.1 Å². The van der Waals surface area contributed by atoms with Gasteiger partial charge in [0.2, 0.25) is 0 Å². The molecule has 10 aromatic rings. The lowest BCUT2D eigenvalue weighted by molar-refractivity contribution is 1.22. The zero-order valence-corrected chi connectivity index (χ0v) is 33.2. The van der Waals surface area contributed by atoms with Crippen LogP contribution in [0.2, 0.25) is 0 Å². The van der Waals surface area contributed by atoms with Crippen LogP contribution in [-0.4, -0.2) is 9.97 Å². The number of aryl methyl sites for hydroxylation is 1. The van der Waals surface area contributed by atoms with Crippen molar-refractivity contribution in [3.8, 4) is 57.0 Å². The minimum Gasteiger partial charge on any atom is -0.227 e. The molecule has 0 fully saturated rings. The standard InChI is InChI=1S/C56H36N4/c1-4-6-7-13-35-20-21-38-25-28-47(43(5-2)51(38)34(35)3)49-30-42(44-27-24-39-23-22-36-16-12-17-37-26-29-48(44)53(39)52(36)37)31-50-54(45-18-10-8-14-40(45)32-57)59-56(60-55(49)50)46-19-11-9-15-41(46)33-58/h4-31H,2H2,1,3H3/b6-4+,13-7-. The van der Waals surface area contributed by atoms with Gasteiger partial charge < -0.3 is 0 Å². The van der Waals surface area contributed by atoms with Crippen LogP contribution < -0.4 is 0 Å². The second-order valence-electron chi connectivity index (χ2n) is 15.1. The lowest BCUT2D eigenvalue weighted by Crippen LogP contribution is -2.01. The highest BCUT2D eigenvalue weighted by molar-refractivity contribution is 6.26. The summed E-state index contributed by atoms with van der Waals surface area (Å²) in [4.78, 5) is 10.6. The number of hydrogen-bond donors (Lipinski definition) is 0. The maximum absolute atomic E-state index is 10.5. The molecule has 0 saturated carbocycles. The molecule has 0 N–H and O–H groups in total. The van der Waals surface area contributed by atoms with Crippen LogP contribution in [0.5, 0.6) is 0 Å². The van der Waals surface area contributed by atoms with Crippen molar-refractivity contribution in [3.05, 3.63) is 192 Å². The molecule has 0 unspecified atom stereocenters. The number of nitrogens with zero attached hydrogens (tertiary/aromatic N) is 4. The predicted octanol–water partition coefficient (Wildman–Crippen LogP) is 14.6. The fraction of sp³-hybridized carbons (Fsp3) is 0.0357. The Hall–Kier alpha value is -8.18. The van der Waals surface area contributed by atoms with Crippen molar-refractivity contribution in [2.45, 2.75) is 13.8 Å². The zero-order valence-electron chi connectivity index (χ0n) is 33.2. The van der Waals surface area contributed by atoms with Crippen LogP contribution in [0.15, 0.2) is 164 Å². The van der Waals surface area contributed by atoms with Gasteiger partial charge in [-0.15, -0.1) is 0 Å². The van der Waals surface area contributed by atoms with Crippen LogP contribution in [-0.2, 0) is 0 Å². The van der Waals surface area contributed by atoms with E-state index in [-0.39, 0.29) is 0 Å². The fourth-order valence-corrected chi connectivity index (χ4v) is 9.01. The zero-order chi connectivity index (χ0) is 40.9. The summed E-state index contributed by atoms with van der Waals surface area (Å²) in [5, 5.41) is 31.0. The van der Waals surface area contributed by atoms with Gasteiger partial charge in [0.15, 0.2) is 5.82 Å². The Bertz CT molecular complexity index is 3540. The maximum Gasteiger partial charge on any atom is 0.161 e. The van der Waals surface area contributed by atoms with Gasteiger partial charge in [0.1, 0.15) is 0 Å². The summed E-state index contributed by atoms with van der Waals surface area (Å²) in [5.74, 6) is 0.410. The highest BCUT2D eigenvalue weighted by Gasteiger charge is 2.23. The average molecular weight is 765 g/mol. The first kappa shape index (κ1) is 36.2. The van der Waals surface area contributed by atoms with Crippen LogP contribution in [0.4, 0.5) is 0 Å².